The number of hydrogen-bond acceptors (Lipinski definition) is 6. The number of benzene rings is 1. The van der Waals surface area contributed by atoms with Crippen molar-refractivity contribution in [2.24, 2.45) is 23.5 Å². The summed E-state index contributed by atoms with van der Waals surface area (Å²) in [6.45, 7) is 2.43. The lowest BCUT2D eigenvalue weighted by Crippen LogP contribution is -2.40. The number of rotatable bonds is 2. The van der Waals surface area contributed by atoms with Crippen LogP contribution >= 0.6 is 0 Å². The summed E-state index contributed by atoms with van der Waals surface area (Å²) in [7, 11) is 0. The first-order valence-corrected chi connectivity index (χ1v) is 9.80. The van der Waals surface area contributed by atoms with Gasteiger partial charge in [-0.2, -0.15) is 4.98 Å². The topological polar surface area (TPSA) is 102 Å². The fourth-order valence-corrected chi connectivity index (χ4v) is 4.28. The van der Waals surface area contributed by atoms with Crippen molar-refractivity contribution in [1.82, 2.24) is 9.97 Å². The maximum absolute atomic E-state index is 14.5. The number of aromatic nitrogens is 2. The smallest absolute Gasteiger partial charge is 0.229 e. The van der Waals surface area contributed by atoms with Crippen molar-refractivity contribution >= 4 is 23.4 Å². The first-order chi connectivity index (χ1) is 14.0. The summed E-state index contributed by atoms with van der Waals surface area (Å²) >= 11 is 0. The Balaban J connectivity index is 1.75. The number of primary amides is 1. The van der Waals surface area contributed by atoms with Crippen molar-refractivity contribution in [3.05, 3.63) is 48.4 Å². The Bertz CT molecular complexity index is 935. The summed E-state index contributed by atoms with van der Waals surface area (Å²) in [6.07, 6.45) is 6.67. The number of amides is 1. The molecule has 1 aliphatic heterocycles. The van der Waals surface area contributed by atoms with E-state index in [-0.39, 0.29) is 35.6 Å². The van der Waals surface area contributed by atoms with Crippen molar-refractivity contribution in [1.29, 1.82) is 0 Å². The lowest BCUT2D eigenvalue weighted by molar-refractivity contribution is -0.123. The Kier molecular flexibility index (Phi) is 5.33. The van der Waals surface area contributed by atoms with Crippen LogP contribution in [0.5, 0.6) is 5.75 Å². The number of hydrogen-bond donors (Lipinski definition) is 3. The predicted molar refractivity (Wildman–Crippen MR) is 108 cm³/mol. The highest BCUT2D eigenvalue weighted by atomic mass is 19.1. The lowest BCUT2D eigenvalue weighted by Gasteiger charge is -2.25. The van der Waals surface area contributed by atoms with Gasteiger partial charge in [0.25, 0.3) is 0 Å². The molecule has 1 saturated carbocycles. The molecule has 8 heteroatoms. The number of nitrogens with two attached hydrogens (primary N) is 1. The molecule has 4 unspecified atom stereocenters. The van der Waals surface area contributed by atoms with Gasteiger partial charge >= 0.3 is 0 Å². The standard InChI is InChI=1S/C21H24FN5O2/c1-2-12-9-13-5-4-8-29-15-7-3-6-14(10-15)25-21-24-11-16(22)20(27-21)26-18(13)17(12)19(23)28/h3-7,10-13,17-18H,2,8-9H2,1H3,(H2,23,28)(H2,24,25,26,27). The molecule has 29 heavy (non-hydrogen) atoms. The van der Waals surface area contributed by atoms with Gasteiger partial charge in [-0.05, 0) is 30.4 Å². The van der Waals surface area contributed by atoms with E-state index in [1.54, 1.807) is 0 Å². The van der Waals surface area contributed by atoms with E-state index in [1.165, 1.54) is 0 Å². The van der Waals surface area contributed by atoms with E-state index >= 15 is 0 Å². The number of halogens is 1. The molecule has 4 bridgehead atoms. The van der Waals surface area contributed by atoms with Gasteiger partial charge in [0.15, 0.2) is 11.6 Å². The highest BCUT2D eigenvalue weighted by molar-refractivity contribution is 5.79. The van der Waals surface area contributed by atoms with Gasteiger partial charge in [0.2, 0.25) is 11.9 Å². The van der Waals surface area contributed by atoms with Crippen molar-refractivity contribution in [3.63, 3.8) is 0 Å². The van der Waals surface area contributed by atoms with Crippen LogP contribution < -0.4 is 21.1 Å². The van der Waals surface area contributed by atoms with E-state index < -0.39 is 11.7 Å². The molecule has 1 aromatic heterocycles. The van der Waals surface area contributed by atoms with Crippen LogP contribution in [0.4, 0.5) is 21.8 Å². The van der Waals surface area contributed by atoms with E-state index in [9.17, 15) is 9.18 Å². The van der Waals surface area contributed by atoms with Gasteiger partial charge in [0, 0.05) is 17.8 Å². The third kappa shape index (κ3) is 4.01. The van der Waals surface area contributed by atoms with Crippen LogP contribution in [0.2, 0.25) is 0 Å². The normalized spacial score (nSPS) is 25.7. The first-order valence-electron chi connectivity index (χ1n) is 9.80. The minimum absolute atomic E-state index is 0.00102. The average molecular weight is 397 g/mol. The molecule has 1 aromatic carbocycles. The van der Waals surface area contributed by atoms with Crippen LogP contribution in [0.15, 0.2) is 42.6 Å². The van der Waals surface area contributed by atoms with Gasteiger partial charge in [-0.1, -0.05) is 31.6 Å². The zero-order valence-corrected chi connectivity index (χ0v) is 16.1. The van der Waals surface area contributed by atoms with E-state index in [4.69, 9.17) is 10.5 Å². The van der Waals surface area contributed by atoms with Gasteiger partial charge in [-0.25, -0.2) is 9.37 Å². The molecule has 1 aliphatic carbocycles. The number of carbonyl (C=O) groups is 1. The van der Waals surface area contributed by atoms with E-state index in [0.29, 0.717) is 12.4 Å². The van der Waals surface area contributed by atoms with Crippen LogP contribution in [0.25, 0.3) is 0 Å². The molecule has 2 aromatic rings. The van der Waals surface area contributed by atoms with Crippen LogP contribution in [-0.2, 0) is 4.79 Å². The number of anilines is 3. The van der Waals surface area contributed by atoms with E-state index in [1.807, 2.05) is 43.3 Å². The van der Waals surface area contributed by atoms with Crippen molar-refractivity contribution < 1.29 is 13.9 Å². The summed E-state index contributed by atoms with van der Waals surface area (Å²) in [6, 6.07) is 7.03. The molecule has 0 radical (unpaired) electrons. The number of nitrogens with zero attached hydrogens (tertiary/aromatic N) is 2. The summed E-state index contributed by atoms with van der Waals surface area (Å²) in [5.74, 6) is -0.260. The fraction of sp³-hybridized carbons (Fsp3) is 0.381. The Morgan fingerprint density at radius 3 is 3.07 bits per heavy atom. The Hall–Kier alpha value is -3.16. The van der Waals surface area contributed by atoms with Gasteiger partial charge in [0.05, 0.1) is 12.1 Å². The second kappa shape index (κ2) is 8.06. The van der Waals surface area contributed by atoms with Gasteiger partial charge in [-0.3, -0.25) is 4.79 Å². The van der Waals surface area contributed by atoms with Gasteiger partial charge < -0.3 is 21.1 Å². The molecular formula is C21H24FN5O2. The Morgan fingerprint density at radius 1 is 1.41 bits per heavy atom. The number of nitrogens with one attached hydrogen (secondary N) is 2. The van der Waals surface area contributed by atoms with Crippen molar-refractivity contribution in [3.8, 4) is 5.75 Å². The minimum atomic E-state index is -0.578. The quantitative estimate of drug-likeness (QED) is 0.673. The number of ether oxygens (including phenoxy) is 1. The molecule has 0 spiro atoms. The monoisotopic (exact) mass is 397 g/mol. The molecule has 1 fully saturated rings. The highest BCUT2D eigenvalue weighted by Crippen LogP contribution is 2.41. The highest BCUT2D eigenvalue weighted by Gasteiger charge is 2.44. The Labute approximate surface area is 168 Å². The summed E-state index contributed by atoms with van der Waals surface area (Å²) in [5.41, 5.74) is 6.45. The largest absolute Gasteiger partial charge is 0.489 e. The van der Waals surface area contributed by atoms with Gasteiger partial charge in [-0.15, -0.1) is 0 Å². The maximum Gasteiger partial charge on any atom is 0.229 e. The first kappa shape index (κ1) is 19.2. The predicted octanol–water partition coefficient (Wildman–Crippen LogP) is 3.24. The molecule has 7 nitrogen and oxygen atoms in total. The molecule has 152 valence electrons. The third-order valence-corrected chi connectivity index (χ3v) is 5.65. The second-order valence-corrected chi connectivity index (χ2v) is 7.45. The van der Waals surface area contributed by atoms with Crippen molar-refractivity contribution in [2.75, 3.05) is 17.2 Å². The van der Waals surface area contributed by atoms with Crippen LogP contribution in [0.3, 0.4) is 0 Å². The molecule has 1 amide bonds. The Morgan fingerprint density at radius 2 is 2.28 bits per heavy atom. The zero-order valence-electron chi connectivity index (χ0n) is 16.1. The van der Waals surface area contributed by atoms with Crippen LogP contribution in [0, 0.1) is 23.6 Å². The lowest BCUT2D eigenvalue weighted by atomic mass is 9.90. The van der Waals surface area contributed by atoms with Gasteiger partial charge in [0.1, 0.15) is 12.4 Å². The van der Waals surface area contributed by atoms with E-state index in [0.717, 1.165) is 24.7 Å². The molecule has 4 atom stereocenters. The SMILES string of the molecule is CCC1CC2C=CCOc3cccc(c3)Nc3ncc(F)c(n3)NC2C1C(N)=O. The van der Waals surface area contributed by atoms with Crippen LogP contribution in [0.1, 0.15) is 19.8 Å². The third-order valence-electron chi connectivity index (χ3n) is 5.65. The summed E-state index contributed by atoms with van der Waals surface area (Å²) in [5, 5.41) is 6.21. The fourth-order valence-electron chi connectivity index (χ4n) is 4.28. The van der Waals surface area contributed by atoms with E-state index in [2.05, 4.69) is 20.6 Å². The number of carbonyl (C=O) groups excluding carboxylic acids is 1. The number of fused-ring (bicyclic) bond motifs is 5. The second-order valence-electron chi connectivity index (χ2n) is 7.45. The summed E-state index contributed by atoms with van der Waals surface area (Å²) in [4.78, 5) is 20.5. The molecule has 4 rings (SSSR count). The molecule has 4 N–H and O–H groups in total. The molecule has 0 saturated heterocycles. The maximum atomic E-state index is 14.5. The molecule has 2 heterocycles. The average Bonchev–Trinajstić information content (AvgIpc) is 3.05. The molecular weight excluding hydrogens is 373 g/mol. The van der Waals surface area contributed by atoms with Crippen molar-refractivity contribution in [2.45, 2.75) is 25.8 Å². The van der Waals surface area contributed by atoms with Crippen LogP contribution in [-0.4, -0.2) is 28.5 Å². The summed E-state index contributed by atoms with van der Waals surface area (Å²) < 4.78 is 20.3. The minimum Gasteiger partial charge on any atom is -0.489 e. The molecule has 2 aliphatic rings. The zero-order chi connectivity index (χ0) is 20.4.